The zero-order chi connectivity index (χ0) is 29.8. The van der Waals surface area contributed by atoms with Crippen LogP contribution in [0.15, 0.2) is 45.8 Å². The van der Waals surface area contributed by atoms with Crippen molar-refractivity contribution in [1.82, 2.24) is 4.90 Å². The highest BCUT2D eigenvalue weighted by atomic mass is 32.2. The van der Waals surface area contributed by atoms with E-state index in [4.69, 9.17) is 5.73 Å². The molecule has 10 nitrogen and oxygen atoms in total. The van der Waals surface area contributed by atoms with Gasteiger partial charge in [-0.25, -0.2) is 13.2 Å². The quantitative estimate of drug-likeness (QED) is 0.384. The Hall–Kier alpha value is -3.09. The second-order valence-electron chi connectivity index (χ2n) is 12.8. The number of sulfonamides is 1. The van der Waals surface area contributed by atoms with Crippen LogP contribution < -0.4 is 10.0 Å². The minimum absolute atomic E-state index is 0.0296. The predicted molar refractivity (Wildman–Crippen MR) is 157 cm³/mol. The Balaban J connectivity index is 1.21. The molecule has 2 amide bonds. The number of carbonyl (C=O) groups excluding carboxylic acids is 2. The topological polar surface area (TPSA) is 158 Å². The number of benzene rings is 2. The number of thioether (sulfide) groups is 1. The molecule has 3 unspecified atom stereocenters. The number of hydrogen-bond donors (Lipinski definition) is 3. The Bertz CT molecular complexity index is 1690. The largest absolute Gasteiger partial charge is 0.477 e. The van der Waals surface area contributed by atoms with Crippen LogP contribution in [-0.4, -0.2) is 59.3 Å². The lowest BCUT2D eigenvalue weighted by molar-refractivity contribution is -0.156. The molecule has 3 aliphatic carbocycles. The second kappa shape index (κ2) is 9.20. The van der Waals surface area contributed by atoms with E-state index in [1.54, 1.807) is 12.1 Å². The molecule has 0 spiro atoms. The molecule has 1 saturated heterocycles. The van der Waals surface area contributed by atoms with Crippen molar-refractivity contribution in [3.8, 4) is 0 Å². The van der Waals surface area contributed by atoms with Crippen LogP contribution in [0.3, 0.4) is 0 Å². The average molecular weight is 612 g/mol. The Morgan fingerprint density at radius 3 is 2.38 bits per heavy atom. The first-order chi connectivity index (χ1) is 19.9. The SMILES string of the molecule is CC(O)C1C(=O)N2C(C(=O)O)=C(CN3c4cccc5c(CC67CCC(CC(N)=O)(CC6)CC7)ccc(c45)S3(=O)=O)SC12. The minimum atomic E-state index is -3.98. The maximum absolute atomic E-state index is 13.9. The summed E-state index contributed by atoms with van der Waals surface area (Å²) in [5, 5.41) is 21.0. The normalized spacial score (nSPS) is 31.4. The van der Waals surface area contributed by atoms with E-state index in [0.717, 1.165) is 67.7 Å². The Labute approximate surface area is 248 Å². The molecule has 4 N–H and O–H groups in total. The first-order valence-corrected chi connectivity index (χ1v) is 16.7. The summed E-state index contributed by atoms with van der Waals surface area (Å²) in [7, 11) is -3.98. The van der Waals surface area contributed by atoms with Gasteiger partial charge in [0.15, 0.2) is 0 Å². The standard InChI is InChI=1S/C30H33N3O7S2/c1-16(34)23-26(36)33-25(28(37)38)20(41-27(23)33)15-32-19-4-2-3-18-17(5-6-21(24(18)19)42(32,39)40)13-29-7-10-30(11-8-29,12-9-29)14-22(31)35/h2-6,16,23,27,34H,7-15H2,1H3,(H2,31,35)(H,37,38). The van der Waals surface area contributed by atoms with E-state index in [-0.39, 0.29) is 38.8 Å². The van der Waals surface area contributed by atoms with Crippen molar-refractivity contribution in [3.05, 3.63) is 46.5 Å². The molecule has 6 aliphatic rings. The van der Waals surface area contributed by atoms with Gasteiger partial charge in [-0.2, -0.15) is 0 Å². The van der Waals surface area contributed by atoms with Crippen LogP contribution in [0.25, 0.3) is 10.8 Å². The van der Waals surface area contributed by atoms with E-state index in [9.17, 15) is 33.0 Å². The highest BCUT2D eigenvalue weighted by molar-refractivity contribution is 8.04. The smallest absolute Gasteiger partial charge is 0.353 e. The van der Waals surface area contributed by atoms with Crippen molar-refractivity contribution in [1.29, 1.82) is 0 Å². The van der Waals surface area contributed by atoms with Crippen LogP contribution in [0, 0.1) is 16.7 Å². The molecule has 3 heterocycles. The summed E-state index contributed by atoms with van der Waals surface area (Å²) in [6, 6.07) is 9.13. The maximum atomic E-state index is 13.9. The summed E-state index contributed by atoms with van der Waals surface area (Å²) in [6.45, 7) is 1.28. The molecule has 0 aromatic heterocycles. The van der Waals surface area contributed by atoms with Crippen LogP contribution >= 0.6 is 11.8 Å². The molecule has 4 fully saturated rings. The van der Waals surface area contributed by atoms with Crippen LogP contribution in [0.4, 0.5) is 5.69 Å². The number of nitrogens with zero attached hydrogens (tertiary/aromatic N) is 2. The van der Waals surface area contributed by atoms with Crippen LogP contribution in [0.1, 0.15) is 57.4 Å². The van der Waals surface area contributed by atoms with E-state index in [2.05, 4.69) is 0 Å². The third-order valence-electron chi connectivity index (χ3n) is 10.4. The molecule has 2 bridgehead atoms. The summed E-state index contributed by atoms with van der Waals surface area (Å²) in [5.41, 5.74) is 7.06. The van der Waals surface area contributed by atoms with Crippen molar-refractivity contribution in [2.24, 2.45) is 22.5 Å². The molecule has 12 heteroatoms. The molecule has 3 aliphatic heterocycles. The lowest BCUT2D eigenvalue weighted by atomic mass is 9.51. The van der Waals surface area contributed by atoms with Crippen molar-refractivity contribution in [2.75, 3.05) is 10.8 Å². The minimum Gasteiger partial charge on any atom is -0.477 e. The molecule has 8 rings (SSSR count). The van der Waals surface area contributed by atoms with E-state index >= 15 is 0 Å². The maximum Gasteiger partial charge on any atom is 0.353 e. The average Bonchev–Trinajstić information content (AvgIpc) is 3.36. The number of β-lactam (4-membered cyclic amide) rings is 1. The second-order valence-corrected chi connectivity index (χ2v) is 15.9. The zero-order valence-electron chi connectivity index (χ0n) is 23.2. The van der Waals surface area contributed by atoms with Crippen molar-refractivity contribution in [2.45, 2.75) is 74.7 Å². The number of carboxylic acids is 1. The molecule has 3 saturated carbocycles. The molecule has 222 valence electrons. The van der Waals surface area contributed by atoms with Gasteiger partial charge in [0.25, 0.3) is 10.0 Å². The predicted octanol–water partition coefficient (Wildman–Crippen LogP) is 3.32. The molecule has 2 aromatic carbocycles. The molecule has 3 atom stereocenters. The number of aliphatic hydroxyl groups is 1. The van der Waals surface area contributed by atoms with Gasteiger partial charge in [0, 0.05) is 16.7 Å². The number of anilines is 1. The highest BCUT2D eigenvalue weighted by Gasteiger charge is 2.58. The Morgan fingerprint density at radius 1 is 1.10 bits per heavy atom. The first-order valence-electron chi connectivity index (χ1n) is 14.4. The lowest BCUT2D eigenvalue weighted by Crippen LogP contribution is -2.60. The molecule has 42 heavy (non-hydrogen) atoms. The number of rotatable bonds is 8. The zero-order valence-corrected chi connectivity index (χ0v) is 24.8. The summed E-state index contributed by atoms with van der Waals surface area (Å²) >= 11 is 1.14. The number of fused-ring (bicyclic) bond motifs is 4. The van der Waals surface area contributed by atoms with E-state index in [1.807, 2.05) is 18.2 Å². The molecule has 0 radical (unpaired) electrons. The molecular formula is C30H33N3O7S2. The van der Waals surface area contributed by atoms with Crippen molar-refractivity contribution in [3.63, 3.8) is 0 Å². The number of amides is 2. The van der Waals surface area contributed by atoms with Crippen LogP contribution in [0.5, 0.6) is 0 Å². The van der Waals surface area contributed by atoms with Gasteiger partial charge < -0.3 is 15.9 Å². The Kier molecular flexibility index (Phi) is 6.08. The summed E-state index contributed by atoms with van der Waals surface area (Å²) in [4.78, 5) is 38.2. The number of carbonyl (C=O) groups is 3. The Morgan fingerprint density at radius 2 is 1.76 bits per heavy atom. The summed E-state index contributed by atoms with van der Waals surface area (Å²) < 4.78 is 29.0. The van der Waals surface area contributed by atoms with Gasteiger partial charge in [-0.05, 0) is 85.8 Å². The number of carboxylic acid groups (broad SMARTS) is 1. The van der Waals surface area contributed by atoms with E-state index in [1.165, 1.54) is 16.1 Å². The van der Waals surface area contributed by atoms with Crippen LogP contribution in [0.2, 0.25) is 0 Å². The van der Waals surface area contributed by atoms with Gasteiger partial charge in [0.05, 0.1) is 29.1 Å². The molecular weight excluding hydrogens is 578 g/mol. The van der Waals surface area contributed by atoms with E-state index < -0.39 is 39.3 Å². The van der Waals surface area contributed by atoms with Gasteiger partial charge in [0.1, 0.15) is 11.1 Å². The monoisotopic (exact) mass is 611 g/mol. The highest BCUT2D eigenvalue weighted by Crippen LogP contribution is 2.60. The fraction of sp³-hybridized carbons (Fsp3) is 0.500. The first kappa shape index (κ1) is 27.7. The fourth-order valence-electron chi connectivity index (χ4n) is 8.15. The fourth-order valence-corrected chi connectivity index (χ4v) is 11.5. The number of primary amides is 1. The van der Waals surface area contributed by atoms with Gasteiger partial charge in [-0.15, -0.1) is 0 Å². The lowest BCUT2D eigenvalue weighted by Gasteiger charge is -2.53. The van der Waals surface area contributed by atoms with Gasteiger partial charge >= 0.3 is 5.97 Å². The number of aliphatic carboxylic acids is 1. The van der Waals surface area contributed by atoms with Gasteiger partial charge in [0.2, 0.25) is 11.8 Å². The number of nitrogens with two attached hydrogens (primary N) is 1. The summed E-state index contributed by atoms with van der Waals surface area (Å²) in [5.74, 6) is -2.74. The third-order valence-corrected chi connectivity index (χ3v) is 13.6. The molecule has 2 aromatic rings. The third kappa shape index (κ3) is 3.87. The summed E-state index contributed by atoms with van der Waals surface area (Å²) in [6.07, 6.45) is 6.31. The number of aliphatic hydroxyl groups excluding tert-OH is 1. The number of hydrogen-bond acceptors (Lipinski definition) is 7. The van der Waals surface area contributed by atoms with Gasteiger partial charge in [-0.3, -0.25) is 18.8 Å². The van der Waals surface area contributed by atoms with E-state index in [0.29, 0.717) is 17.5 Å². The van der Waals surface area contributed by atoms with Crippen LogP contribution in [-0.2, 0) is 30.8 Å². The van der Waals surface area contributed by atoms with Gasteiger partial charge in [-0.1, -0.05) is 30.0 Å². The van der Waals surface area contributed by atoms with Crippen molar-refractivity contribution >= 4 is 56.0 Å². The van der Waals surface area contributed by atoms with Crippen molar-refractivity contribution < 1.29 is 33.0 Å².